The third-order valence-electron chi connectivity index (χ3n) is 5.12. The molecule has 1 N–H and O–H groups in total. The van der Waals surface area contributed by atoms with Crippen molar-refractivity contribution in [1.29, 1.82) is 0 Å². The van der Waals surface area contributed by atoms with Crippen LogP contribution in [0, 0.1) is 6.92 Å². The van der Waals surface area contributed by atoms with Crippen LogP contribution in [-0.2, 0) is 11.3 Å². The van der Waals surface area contributed by atoms with Crippen molar-refractivity contribution in [1.82, 2.24) is 14.8 Å². The van der Waals surface area contributed by atoms with Crippen molar-refractivity contribution < 1.29 is 9.59 Å². The number of aromatic nitrogens is 3. The van der Waals surface area contributed by atoms with Gasteiger partial charge in [-0.05, 0) is 31.2 Å². The first kappa shape index (κ1) is 24.6. The van der Waals surface area contributed by atoms with Crippen molar-refractivity contribution in [2.24, 2.45) is 0 Å². The number of carbonyl (C=O) groups is 2. The van der Waals surface area contributed by atoms with E-state index in [1.54, 1.807) is 35.0 Å². The number of rotatable bonds is 9. The quantitative estimate of drug-likeness (QED) is 0.154. The maximum Gasteiger partial charge on any atom is 0.234 e. The van der Waals surface area contributed by atoms with Gasteiger partial charge in [0.2, 0.25) is 11.1 Å². The molecule has 0 aliphatic heterocycles. The SMILES string of the molecule is C=CCn1nc(SCC(=O)Nc2ccc(C)cc2C(=O)c2ccccc2)nc1-c1ccc(Br)cc1. The Kier molecular flexibility index (Phi) is 7.94. The third-order valence-corrected chi connectivity index (χ3v) is 6.49. The molecule has 0 aliphatic carbocycles. The number of amides is 1. The predicted molar refractivity (Wildman–Crippen MR) is 144 cm³/mol. The first-order valence-corrected chi connectivity index (χ1v) is 12.7. The fourth-order valence-electron chi connectivity index (χ4n) is 3.46. The summed E-state index contributed by atoms with van der Waals surface area (Å²) >= 11 is 4.68. The van der Waals surface area contributed by atoms with Gasteiger partial charge < -0.3 is 5.32 Å². The summed E-state index contributed by atoms with van der Waals surface area (Å²) in [7, 11) is 0. The fourth-order valence-corrected chi connectivity index (χ4v) is 4.36. The van der Waals surface area contributed by atoms with E-state index in [-0.39, 0.29) is 17.4 Å². The lowest BCUT2D eigenvalue weighted by molar-refractivity contribution is -0.113. The molecule has 0 fully saturated rings. The van der Waals surface area contributed by atoms with Crippen molar-refractivity contribution in [2.75, 3.05) is 11.1 Å². The minimum absolute atomic E-state index is 0.102. The van der Waals surface area contributed by atoms with Gasteiger partial charge in [0.1, 0.15) is 0 Å². The Hall–Kier alpha value is -3.49. The van der Waals surface area contributed by atoms with Gasteiger partial charge >= 0.3 is 0 Å². The van der Waals surface area contributed by atoms with Crippen molar-refractivity contribution in [2.45, 2.75) is 18.6 Å². The van der Waals surface area contributed by atoms with Crippen molar-refractivity contribution in [3.63, 3.8) is 0 Å². The number of thioether (sulfide) groups is 1. The second kappa shape index (κ2) is 11.3. The number of carbonyl (C=O) groups excluding carboxylic acids is 2. The summed E-state index contributed by atoms with van der Waals surface area (Å²) in [6, 6.07) is 22.2. The van der Waals surface area contributed by atoms with Gasteiger partial charge in [-0.3, -0.25) is 9.59 Å². The van der Waals surface area contributed by atoms with Crippen LogP contribution in [0.1, 0.15) is 21.5 Å². The van der Waals surface area contributed by atoms with E-state index in [1.807, 2.05) is 55.5 Å². The van der Waals surface area contributed by atoms with E-state index in [2.05, 4.69) is 37.9 Å². The average molecular weight is 547 g/mol. The molecule has 0 saturated heterocycles. The minimum atomic E-state index is -0.244. The Balaban J connectivity index is 1.48. The van der Waals surface area contributed by atoms with Gasteiger partial charge in [0.15, 0.2) is 11.6 Å². The molecule has 0 unspecified atom stereocenters. The number of ketones is 1. The van der Waals surface area contributed by atoms with Gasteiger partial charge in [0.25, 0.3) is 0 Å². The summed E-state index contributed by atoms with van der Waals surface area (Å²) in [6.45, 7) is 6.20. The molecule has 176 valence electrons. The van der Waals surface area contributed by atoms with Crippen LogP contribution in [0.4, 0.5) is 5.69 Å². The zero-order valence-corrected chi connectivity index (χ0v) is 21.5. The number of allylic oxidation sites excluding steroid dienone is 1. The van der Waals surface area contributed by atoms with Crippen LogP contribution in [0.25, 0.3) is 11.4 Å². The van der Waals surface area contributed by atoms with Gasteiger partial charge in [-0.2, -0.15) is 0 Å². The lowest BCUT2D eigenvalue weighted by atomic mass is 10.00. The monoisotopic (exact) mass is 546 g/mol. The standard InChI is InChI=1S/C27H23BrN4O2S/c1-3-15-32-26(20-10-12-21(28)13-11-20)30-27(31-32)35-17-24(33)29-23-14-9-18(2)16-22(23)25(34)19-7-5-4-6-8-19/h3-14,16H,1,15,17H2,2H3,(H,29,33). The number of nitrogens with one attached hydrogen (secondary N) is 1. The van der Waals surface area contributed by atoms with Crippen LogP contribution in [0.15, 0.2) is 95.1 Å². The fraction of sp³-hybridized carbons (Fsp3) is 0.111. The Morgan fingerprint density at radius 2 is 1.83 bits per heavy atom. The molecule has 0 bridgehead atoms. The van der Waals surface area contributed by atoms with E-state index in [0.29, 0.717) is 34.3 Å². The highest BCUT2D eigenvalue weighted by molar-refractivity contribution is 9.10. The first-order valence-electron chi connectivity index (χ1n) is 10.9. The average Bonchev–Trinajstić information content (AvgIpc) is 3.27. The molecule has 6 nitrogen and oxygen atoms in total. The van der Waals surface area contributed by atoms with Gasteiger partial charge in [0.05, 0.1) is 18.0 Å². The first-order chi connectivity index (χ1) is 16.9. The molecule has 1 aromatic heterocycles. The number of nitrogens with zero attached hydrogens (tertiary/aromatic N) is 3. The maximum absolute atomic E-state index is 13.0. The molecule has 1 heterocycles. The number of benzene rings is 3. The second-order valence-corrected chi connectivity index (χ2v) is 9.63. The molecule has 0 saturated carbocycles. The summed E-state index contributed by atoms with van der Waals surface area (Å²) in [5.41, 5.74) is 3.37. The Morgan fingerprint density at radius 3 is 2.54 bits per heavy atom. The van der Waals surface area contributed by atoms with Crippen LogP contribution in [0.3, 0.4) is 0 Å². The summed E-state index contributed by atoms with van der Waals surface area (Å²) in [5, 5.41) is 7.90. The Bertz CT molecular complexity index is 1370. The lowest BCUT2D eigenvalue weighted by Crippen LogP contribution is -2.17. The second-order valence-electron chi connectivity index (χ2n) is 7.78. The van der Waals surface area contributed by atoms with Gasteiger partial charge in [-0.1, -0.05) is 87.9 Å². The van der Waals surface area contributed by atoms with E-state index in [0.717, 1.165) is 15.6 Å². The third kappa shape index (κ3) is 6.15. The van der Waals surface area contributed by atoms with Crippen molar-refractivity contribution in [3.8, 4) is 11.4 Å². The Labute approximate surface area is 216 Å². The zero-order valence-electron chi connectivity index (χ0n) is 19.1. The van der Waals surface area contributed by atoms with Crippen LogP contribution < -0.4 is 5.32 Å². The smallest absolute Gasteiger partial charge is 0.234 e. The van der Waals surface area contributed by atoms with E-state index in [4.69, 9.17) is 0 Å². The predicted octanol–water partition coefficient (Wildman–Crippen LogP) is 6.16. The minimum Gasteiger partial charge on any atom is -0.325 e. The summed E-state index contributed by atoms with van der Waals surface area (Å²) in [6.07, 6.45) is 1.75. The zero-order chi connectivity index (χ0) is 24.8. The molecule has 0 atom stereocenters. The highest BCUT2D eigenvalue weighted by Gasteiger charge is 2.17. The highest BCUT2D eigenvalue weighted by atomic mass is 79.9. The number of aryl methyl sites for hydroxylation is 1. The van der Waals surface area contributed by atoms with Crippen LogP contribution in [0.5, 0.6) is 0 Å². The number of anilines is 1. The molecule has 8 heteroatoms. The van der Waals surface area contributed by atoms with Gasteiger partial charge in [-0.15, -0.1) is 11.7 Å². The summed E-state index contributed by atoms with van der Waals surface area (Å²) in [5.74, 6) is 0.423. The van der Waals surface area contributed by atoms with Crippen LogP contribution in [0.2, 0.25) is 0 Å². The Morgan fingerprint density at radius 1 is 1.09 bits per heavy atom. The van der Waals surface area contributed by atoms with Crippen molar-refractivity contribution >= 4 is 45.1 Å². The highest BCUT2D eigenvalue weighted by Crippen LogP contribution is 2.25. The van der Waals surface area contributed by atoms with E-state index in [1.165, 1.54) is 11.8 Å². The molecule has 0 aliphatic rings. The molecule has 4 aromatic rings. The molecule has 0 spiro atoms. The molecule has 1 amide bonds. The number of hydrogen-bond acceptors (Lipinski definition) is 5. The van der Waals surface area contributed by atoms with Crippen molar-refractivity contribution in [3.05, 3.63) is 107 Å². The molecule has 35 heavy (non-hydrogen) atoms. The molecular formula is C27H23BrN4O2S. The molecule has 0 radical (unpaired) electrons. The normalized spacial score (nSPS) is 10.7. The largest absolute Gasteiger partial charge is 0.325 e. The molecular weight excluding hydrogens is 524 g/mol. The van der Waals surface area contributed by atoms with E-state index in [9.17, 15) is 9.59 Å². The lowest BCUT2D eigenvalue weighted by Gasteiger charge is -2.11. The van der Waals surface area contributed by atoms with Crippen LogP contribution >= 0.6 is 27.7 Å². The van der Waals surface area contributed by atoms with Crippen LogP contribution in [-0.4, -0.2) is 32.2 Å². The summed E-state index contributed by atoms with van der Waals surface area (Å²) < 4.78 is 2.73. The van der Waals surface area contributed by atoms with Gasteiger partial charge in [0, 0.05) is 21.2 Å². The number of hydrogen-bond donors (Lipinski definition) is 1. The maximum atomic E-state index is 13.0. The topological polar surface area (TPSA) is 76.9 Å². The van der Waals surface area contributed by atoms with E-state index >= 15 is 0 Å². The summed E-state index contributed by atoms with van der Waals surface area (Å²) in [4.78, 5) is 30.4. The molecule has 3 aromatic carbocycles. The van der Waals surface area contributed by atoms with Gasteiger partial charge in [-0.25, -0.2) is 9.67 Å². The molecule has 4 rings (SSSR count). The van der Waals surface area contributed by atoms with E-state index < -0.39 is 0 Å². The number of halogens is 1.